The molecular formula is C12H20O2. The zero-order valence-electron chi connectivity index (χ0n) is 9.01. The van der Waals surface area contributed by atoms with Crippen LogP contribution < -0.4 is 0 Å². The van der Waals surface area contributed by atoms with Gasteiger partial charge in [0.25, 0.3) is 0 Å². The normalized spacial score (nSPS) is 9.21. The summed E-state index contributed by atoms with van der Waals surface area (Å²) >= 11 is 0. The van der Waals surface area contributed by atoms with Crippen molar-refractivity contribution in [3.8, 4) is 11.8 Å². The van der Waals surface area contributed by atoms with Gasteiger partial charge in [-0.15, -0.1) is 11.8 Å². The number of unbranched alkanes of at least 4 members (excludes halogenated alkanes) is 6. The van der Waals surface area contributed by atoms with Gasteiger partial charge in [0.05, 0.1) is 0 Å². The fourth-order valence-corrected chi connectivity index (χ4v) is 1.32. The van der Waals surface area contributed by atoms with Crippen LogP contribution in [0.15, 0.2) is 0 Å². The third kappa shape index (κ3) is 11.0. The molecule has 0 unspecified atom stereocenters. The van der Waals surface area contributed by atoms with Gasteiger partial charge in [-0.3, -0.25) is 4.79 Å². The first kappa shape index (κ1) is 13.0. The minimum atomic E-state index is -0.678. The molecule has 0 aromatic carbocycles. The average molecular weight is 196 g/mol. The van der Waals surface area contributed by atoms with E-state index < -0.39 is 5.97 Å². The zero-order chi connectivity index (χ0) is 10.6. The Kier molecular flexibility index (Phi) is 9.41. The van der Waals surface area contributed by atoms with Gasteiger partial charge in [0.2, 0.25) is 0 Å². The lowest BCUT2D eigenvalue weighted by Crippen LogP contribution is -1.93. The van der Waals surface area contributed by atoms with Gasteiger partial charge in [0, 0.05) is 12.8 Å². The van der Waals surface area contributed by atoms with Gasteiger partial charge in [0.15, 0.2) is 0 Å². The lowest BCUT2D eigenvalue weighted by atomic mass is 10.1. The molecule has 0 saturated carbocycles. The molecular weight excluding hydrogens is 176 g/mol. The second-order valence-electron chi connectivity index (χ2n) is 3.44. The van der Waals surface area contributed by atoms with E-state index in [2.05, 4.69) is 11.8 Å². The maximum Gasteiger partial charge on any atom is 0.303 e. The van der Waals surface area contributed by atoms with Gasteiger partial charge >= 0.3 is 5.97 Å². The van der Waals surface area contributed by atoms with Gasteiger partial charge in [-0.1, -0.05) is 25.7 Å². The Morgan fingerprint density at radius 2 is 1.64 bits per heavy atom. The number of carboxylic acids is 1. The molecule has 0 amide bonds. The highest BCUT2D eigenvalue weighted by Gasteiger charge is 1.95. The maximum atomic E-state index is 10.2. The first-order chi connectivity index (χ1) is 6.77. The second-order valence-corrected chi connectivity index (χ2v) is 3.44. The molecule has 1 N–H and O–H groups in total. The largest absolute Gasteiger partial charge is 0.481 e. The van der Waals surface area contributed by atoms with Crippen LogP contribution in [0.1, 0.15) is 58.3 Å². The molecule has 0 rings (SSSR count). The molecule has 2 heteroatoms. The Bertz CT molecular complexity index is 198. The number of carboxylic acid groups (broad SMARTS) is 1. The predicted molar refractivity (Wildman–Crippen MR) is 58.0 cm³/mol. The van der Waals surface area contributed by atoms with E-state index >= 15 is 0 Å². The number of aliphatic carboxylic acids is 1. The van der Waals surface area contributed by atoms with Crippen LogP contribution >= 0.6 is 0 Å². The van der Waals surface area contributed by atoms with Gasteiger partial charge in [-0.25, -0.2) is 0 Å². The van der Waals surface area contributed by atoms with Crippen molar-refractivity contribution in [1.29, 1.82) is 0 Å². The average Bonchev–Trinajstić information content (AvgIpc) is 2.15. The van der Waals surface area contributed by atoms with Crippen molar-refractivity contribution in [1.82, 2.24) is 0 Å². The fraction of sp³-hybridized carbons (Fsp3) is 0.750. The van der Waals surface area contributed by atoms with E-state index in [1.165, 1.54) is 19.3 Å². The number of carbonyl (C=O) groups is 1. The summed E-state index contributed by atoms with van der Waals surface area (Å²) in [7, 11) is 0. The minimum absolute atomic E-state index is 0.321. The van der Waals surface area contributed by atoms with Crippen molar-refractivity contribution in [2.75, 3.05) is 0 Å². The molecule has 80 valence electrons. The van der Waals surface area contributed by atoms with E-state index in [9.17, 15) is 4.79 Å². The number of hydrogen-bond acceptors (Lipinski definition) is 1. The third-order valence-corrected chi connectivity index (χ3v) is 2.12. The number of rotatable bonds is 8. The maximum absolute atomic E-state index is 10.2. The first-order valence-electron chi connectivity index (χ1n) is 5.38. The van der Waals surface area contributed by atoms with Crippen LogP contribution in [0, 0.1) is 11.8 Å². The quantitative estimate of drug-likeness (QED) is 0.478. The molecule has 0 aromatic rings. The van der Waals surface area contributed by atoms with E-state index in [4.69, 9.17) is 5.11 Å². The van der Waals surface area contributed by atoms with E-state index in [0.29, 0.717) is 6.42 Å². The molecule has 0 fully saturated rings. The molecule has 0 spiro atoms. The van der Waals surface area contributed by atoms with Crippen molar-refractivity contribution in [3.05, 3.63) is 0 Å². The summed E-state index contributed by atoms with van der Waals surface area (Å²) in [4.78, 5) is 10.2. The van der Waals surface area contributed by atoms with E-state index in [0.717, 1.165) is 25.7 Å². The minimum Gasteiger partial charge on any atom is -0.481 e. The highest BCUT2D eigenvalue weighted by molar-refractivity contribution is 5.66. The van der Waals surface area contributed by atoms with Crippen LogP contribution in [0.3, 0.4) is 0 Å². The van der Waals surface area contributed by atoms with Gasteiger partial charge < -0.3 is 5.11 Å². The van der Waals surface area contributed by atoms with Crippen LogP contribution in [0.4, 0.5) is 0 Å². The molecule has 2 nitrogen and oxygen atoms in total. The summed E-state index contributed by atoms with van der Waals surface area (Å²) < 4.78 is 0. The van der Waals surface area contributed by atoms with Crippen molar-refractivity contribution in [2.45, 2.75) is 58.3 Å². The summed E-state index contributed by atoms with van der Waals surface area (Å²) in [6, 6.07) is 0. The molecule has 0 radical (unpaired) electrons. The predicted octanol–water partition coefficient (Wildman–Crippen LogP) is 3.22. The Morgan fingerprint density at radius 1 is 1.07 bits per heavy atom. The molecule has 0 saturated heterocycles. The summed E-state index contributed by atoms with van der Waals surface area (Å²) in [5.74, 6) is 5.24. The van der Waals surface area contributed by atoms with Crippen LogP contribution in [0.25, 0.3) is 0 Å². The highest BCUT2D eigenvalue weighted by Crippen LogP contribution is 2.08. The second kappa shape index (κ2) is 10.1. The Morgan fingerprint density at radius 3 is 2.21 bits per heavy atom. The Labute approximate surface area is 86.7 Å². The standard InChI is InChI=1S/C12H20O2/c1-2-3-4-5-6-7-8-9-10-11-12(13)14/h4-11H2,1H3,(H,13,14). The Balaban J connectivity index is 2.98. The van der Waals surface area contributed by atoms with Crippen molar-refractivity contribution >= 4 is 5.97 Å². The molecule has 0 aromatic heterocycles. The first-order valence-corrected chi connectivity index (χ1v) is 5.38. The van der Waals surface area contributed by atoms with Crippen molar-refractivity contribution in [3.63, 3.8) is 0 Å². The van der Waals surface area contributed by atoms with E-state index in [-0.39, 0.29) is 0 Å². The summed E-state index contributed by atoms with van der Waals surface area (Å²) in [5.41, 5.74) is 0. The van der Waals surface area contributed by atoms with Crippen molar-refractivity contribution in [2.24, 2.45) is 0 Å². The lowest BCUT2D eigenvalue weighted by molar-refractivity contribution is -0.137. The van der Waals surface area contributed by atoms with Gasteiger partial charge in [-0.05, 0) is 19.8 Å². The third-order valence-electron chi connectivity index (χ3n) is 2.12. The van der Waals surface area contributed by atoms with Crippen LogP contribution in [-0.4, -0.2) is 11.1 Å². The van der Waals surface area contributed by atoms with Crippen LogP contribution in [0.2, 0.25) is 0 Å². The summed E-state index contributed by atoms with van der Waals surface area (Å²) in [6.07, 6.45) is 7.97. The van der Waals surface area contributed by atoms with Crippen LogP contribution in [0.5, 0.6) is 0 Å². The SMILES string of the molecule is CC#CCCCCCCCCC(=O)O. The molecule has 0 bridgehead atoms. The fourth-order valence-electron chi connectivity index (χ4n) is 1.32. The number of hydrogen-bond donors (Lipinski definition) is 1. The molecule has 0 aliphatic rings. The van der Waals surface area contributed by atoms with Gasteiger partial charge in [-0.2, -0.15) is 0 Å². The molecule has 0 aliphatic heterocycles. The van der Waals surface area contributed by atoms with Gasteiger partial charge in [0.1, 0.15) is 0 Å². The Hall–Kier alpha value is -0.970. The highest BCUT2D eigenvalue weighted by atomic mass is 16.4. The monoisotopic (exact) mass is 196 g/mol. The van der Waals surface area contributed by atoms with Crippen molar-refractivity contribution < 1.29 is 9.90 Å². The van der Waals surface area contributed by atoms with Crippen LogP contribution in [-0.2, 0) is 4.79 Å². The smallest absolute Gasteiger partial charge is 0.303 e. The molecule has 0 heterocycles. The summed E-state index contributed by atoms with van der Waals surface area (Å²) in [6.45, 7) is 1.87. The van der Waals surface area contributed by atoms with E-state index in [1.54, 1.807) is 0 Å². The van der Waals surface area contributed by atoms with E-state index in [1.807, 2.05) is 6.92 Å². The molecule has 0 aliphatic carbocycles. The summed E-state index contributed by atoms with van der Waals surface area (Å²) in [5, 5.41) is 8.40. The zero-order valence-corrected chi connectivity index (χ0v) is 9.01. The molecule has 14 heavy (non-hydrogen) atoms. The molecule has 0 atom stereocenters. The topological polar surface area (TPSA) is 37.3 Å². The lowest BCUT2D eigenvalue weighted by Gasteiger charge is -1.98.